The van der Waals surface area contributed by atoms with E-state index in [9.17, 15) is 4.79 Å². The SMILES string of the molecule is CC(C)(C)OC(=O)N1CCCC1c1nnc(N)o1. The average Bonchev–Trinajstić information content (AvgIpc) is 2.81. The standard InChI is InChI=1S/C11H18N4O3/c1-11(2,3)18-10(16)15-6-4-5-7(15)8-13-14-9(12)17-8/h7H,4-6H2,1-3H3,(H2,12,14). The number of hydrogen-bond donors (Lipinski definition) is 1. The van der Waals surface area contributed by atoms with Crippen molar-refractivity contribution >= 4 is 12.1 Å². The van der Waals surface area contributed by atoms with Gasteiger partial charge in [-0.1, -0.05) is 5.10 Å². The Labute approximate surface area is 105 Å². The molecule has 0 bridgehead atoms. The highest BCUT2D eigenvalue weighted by atomic mass is 16.6. The number of hydrogen-bond acceptors (Lipinski definition) is 6. The molecule has 1 aromatic heterocycles. The van der Waals surface area contributed by atoms with Crippen LogP contribution in [0.4, 0.5) is 10.8 Å². The fraction of sp³-hybridized carbons (Fsp3) is 0.727. The second kappa shape index (κ2) is 4.47. The number of ether oxygens (including phenoxy) is 1. The van der Waals surface area contributed by atoms with E-state index in [1.54, 1.807) is 4.90 Å². The van der Waals surface area contributed by atoms with E-state index in [1.165, 1.54) is 0 Å². The van der Waals surface area contributed by atoms with Gasteiger partial charge in [0.2, 0.25) is 5.89 Å². The van der Waals surface area contributed by atoms with Gasteiger partial charge in [0, 0.05) is 6.54 Å². The van der Waals surface area contributed by atoms with Crippen molar-refractivity contribution in [3.63, 3.8) is 0 Å². The predicted octanol–water partition coefficient (Wildman–Crippen LogP) is 1.72. The van der Waals surface area contributed by atoms with Crippen molar-refractivity contribution < 1.29 is 13.9 Å². The van der Waals surface area contributed by atoms with E-state index in [-0.39, 0.29) is 18.1 Å². The van der Waals surface area contributed by atoms with Crippen LogP contribution < -0.4 is 5.73 Å². The number of nitrogen functional groups attached to an aromatic ring is 1. The maximum Gasteiger partial charge on any atom is 0.410 e. The first-order valence-corrected chi connectivity index (χ1v) is 5.95. The van der Waals surface area contributed by atoms with Crippen LogP contribution in [0.1, 0.15) is 45.5 Å². The van der Waals surface area contributed by atoms with Crippen molar-refractivity contribution in [2.24, 2.45) is 0 Å². The Morgan fingerprint density at radius 2 is 2.22 bits per heavy atom. The van der Waals surface area contributed by atoms with Gasteiger partial charge in [0.25, 0.3) is 0 Å². The second-order valence-electron chi connectivity index (χ2n) is 5.31. The van der Waals surface area contributed by atoms with Gasteiger partial charge in [-0.25, -0.2) is 4.79 Å². The summed E-state index contributed by atoms with van der Waals surface area (Å²) in [6.07, 6.45) is 1.30. The van der Waals surface area contributed by atoms with Gasteiger partial charge in [-0.05, 0) is 33.6 Å². The summed E-state index contributed by atoms with van der Waals surface area (Å²) in [7, 11) is 0. The molecule has 18 heavy (non-hydrogen) atoms. The van der Waals surface area contributed by atoms with Crippen LogP contribution in [0.3, 0.4) is 0 Å². The zero-order valence-corrected chi connectivity index (χ0v) is 10.8. The Morgan fingerprint density at radius 3 is 2.78 bits per heavy atom. The van der Waals surface area contributed by atoms with E-state index < -0.39 is 5.60 Å². The Morgan fingerprint density at radius 1 is 1.50 bits per heavy atom. The first-order valence-electron chi connectivity index (χ1n) is 5.95. The highest BCUT2D eigenvalue weighted by Gasteiger charge is 2.36. The van der Waals surface area contributed by atoms with Crippen molar-refractivity contribution in [2.75, 3.05) is 12.3 Å². The molecule has 1 aliphatic rings. The molecule has 1 aliphatic heterocycles. The van der Waals surface area contributed by atoms with Crippen LogP contribution in [-0.4, -0.2) is 33.3 Å². The molecule has 100 valence electrons. The van der Waals surface area contributed by atoms with Crippen LogP contribution in [0.2, 0.25) is 0 Å². The van der Waals surface area contributed by atoms with Crippen LogP contribution in [-0.2, 0) is 4.74 Å². The van der Waals surface area contributed by atoms with E-state index in [4.69, 9.17) is 14.9 Å². The van der Waals surface area contributed by atoms with E-state index in [0.29, 0.717) is 12.4 Å². The normalized spacial score (nSPS) is 20.2. The molecule has 0 spiro atoms. The van der Waals surface area contributed by atoms with Crippen molar-refractivity contribution in [3.05, 3.63) is 5.89 Å². The largest absolute Gasteiger partial charge is 0.444 e. The van der Waals surface area contributed by atoms with Crippen molar-refractivity contribution in [3.8, 4) is 0 Å². The molecule has 7 nitrogen and oxygen atoms in total. The molecule has 0 radical (unpaired) electrons. The molecular weight excluding hydrogens is 236 g/mol. The quantitative estimate of drug-likeness (QED) is 0.820. The van der Waals surface area contributed by atoms with Gasteiger partial charge in [0.1, 0.15) is 11.6 Å². The van der Waals surface area contributed by atoms with Crippen molar-refractivity contribution in [2.45, 2.75) is 45.3 Å². The van der Waals surface area contributed by atoms with Crippen LogP contribution in [0.15, 0.2) is 4.42 Å². The molecule has 1 atom stereocenters. The lowest BCUT2D eigenvalue weighted by molar-refractivity contribution is 0.0204. The minimum Gasteiger partial charge on any atom is -0.444 e. The molecular formula is C11H18N4O3. The van der Waals surface area contributed by atoms with Gasteiger partial charge in [0.05, 0.1) is 0 Å². The number of carbonyl (C=O) groups excluding carboxylic acids is 1. The minimum atomic E-state index is -0.516. The highest BCUT2D eigenvalue weighted by molar-refractivity contribution is 5.69. The van der Waals surface area contributed by atoms with Gasteiger partial charge in [-0.3, -0.25) is 4.90 Å². The Bertz CT molecular complexity index is 438. The highest BCUT2D eigenvalue weighted by Crippen LogP contribution is 2.32. The molecule has 0 saturated carbocycles. The number of amides is 1. The third kappa shape index (κ3) is 2.72. The summed E-state index contributed by atoms with van der Waals surface area (Å²) in [5.41, 5.74) is 4.88. The molecule has 1 fully saturated rings. The summed E-state index contributed by atoms with van der Waals surface area (Å²) in [5.74, 6) is 0.371. The van der Waals surface area contributed by atoms with Crippen molar-refractivity contribution in [1.82, 2.24) is 15.1 Å². The van der Waals surface area contributed by atoms with Crippen LogP contribution >= 0.6 is 0 Å². The fourth-order valence-electron chi connectivity index (χ4n) is 1.94. The summed E-state index contributed by atoms with van der Waals surface area (Å²) < 4.78 is 10.5. The smallest absolute Gasteiger partial charge is 0.410 e. The van der Waals surface area contributed by atoms with E-state index >= 15 is 0 Å². The first kappa shape index (κ1) is 12.7. The molecule has 2 heterocycles. The molecule has 1 saturated heterocycles. The maximum atomic E-state index is 12.0. The van der Waals surface area contributed by atoms with Crippen LogP contribution in [0.5, 0.6) is 0 Å². The molecule has 1 unspecified atom stereocenters. The lowest BCUT2D eigenvalue weighted by Gasteiger charge is -2.27. The summed E-state index contributed by atoms with van der Waals surface area (Å²) in [4.78, 5) is 13.6. The number of carbonyl (C=O) groups is 1. The number of nitrogens with two attached hydrogens (primary N) is 1. The predicted molar refractivity (Wildman–Crippen MR) is 63.6 cm³/mol. The van der Waals surface area contributed by atoms with Gasteiger partial charge >= 0.3 is 12.1 Å². The minimum absolute atomic E-state index is 0.0149. The summed E-state index contributed by atoms with van der Waals surface area (Å²) in [6.45, 7) is 6.13. The number of nitrogens with zero attached hydrogens (tertiary/aromatic N) is 3. The fourth-order valence-corrected chi connectivity index (χ4v) is 1.94. The second-order valence-corrected chi connectivity index (χ2v) is 5.31. The number of aromatic nitrogens is 2. The van der Waals surface area contributed by atoms with E-state index in [1.807, 2.05) is 20.8 Å². The molecule has 1 amide bonds. The lowest BCUT2D eigenvalue weighted by Crippen LogP contribution is -2.36. The van der Waals surface area contributed by atoms with E-state index in [0.717, 1.165) is 12.8 Å². The van der Waals surface area contributed by atoms with Crippen LogP contribution in [0, 0.1) is 0 Å². The van der Waals surface area contributed by atoms with E-state index in [2.05, 4.69) is 10.2 Å². The van der Waals surface area contributed by atoms with Gasteiger partial charge in [-0.15, -0.1) is 5.10 Å². The van der Waals surface area contributed by atoms with Gasteiger partial charge in [-0.2, -0.15) is 0 Å². The molecule has 2 rings (SSSR count). The van der Waals surface area contributed by atoms with Gasteiger partial charge < -0.3 is 14.9 Å². The number of likely N-dealkylation sites (tertiary alicyclic amines) is 1. The Balaban J connectivity index is 2.10. The van der Waals surface area contributed by atoms with Gasteiger partial charge in [0.15, 0.2) is 0 Å². The summed E-state index contributed by atoms with van der Waals surface area (Å²) >= 11 is 0. The molecule has 0 aliphatic carbocycles. The lowest BCUT2D eigenvalue weighted by atomic mass is 10.2. The third-order valence-corrected chi connectivity index (χ3v) is 2.62. The van der Waals surface area contributed by atoms with Crippen molar-refractivity contribution in [1.29, 1.82) is 0 Å². The molecule has 0 aromatic carbocycles. The molecule has 7 heteroatoms. The molecule has 2 N–H and O–H groups in total. The average molecular weight is 254 g/mol. The first-order chi connectivity index (χ1) is 8.37. The Kier molecular flexibility index (Phi) is 3.14. The zero-order valence-electron chi connectivity index (χ0n) is 10.8. The summed E-state index contributed by atoms with van der Waals surface area (Å²) in [6, 6.07) is -0.217. The third-order valence-electron chi connectivity index (χ3n) is 2.62. The number of anilines is 1. The Hall–Kier alpha value is -1.79. The maximum absolute atomic E-state index is 12.0. The van der Waals surface area contributed by atoms with Crippen LogP contribution in [0.25, 0.3) is 0 Å². The monoisotopic (exact) mass is 254 g/mol. The zero-order chi connectivity index (χ0) is 13.3. The molecule has 1 aromatic rings. The number of rotatable bonds is 1. The topological polar surface area (TPSA) is 94.5 Å². The summed E-state index contributed by atoms with van der Waals surface area (Å²) in [5, 5.41) is 7.45.